The Hall–Kier alpha value is -1.02. The van der Waals surface area contributed by atoms with E-state index in [4.69, 9.17) is 5.73 Å². The van der Waals surface area contributed by atoms with Gasteiger partial charge in [-0.25, -0.2) is 0 Å². The molecule has 2 nitrogen and oxygen atoms in total. The summed E-state index contributed by atoms with van der Waals surface area (Å²) in [4.78, 5) is 2.49. The summed E-state index contributed by atoms with van der Waals surface area (Å²) in [6.07, 6.45) is 2.70. The Morgan fingerprint density at radius 1 is 1.29 bits per heavy atom. The molecule has 0 aliphatic carbocycles. The number of hydrogen-bond donors (Lipinski definition) is 1. The minimum atomic E-state index is 0.918. The molecular formula is C12H18N2. The summed E-state index contributed by atoms with van der Waals surface area (Å²) < 4.78 is 0. The topological polar surface area (TPSA) is 29.3 Å². The molecule has 0 unspecified atom stereocenters. The Labute approximate surface area is 85.7 Å². The zero-order valence-electron chi connectivity index (χ0n) is 8.79. The quantitative estimate of drug-likeness (QED) is 0.724. The Balaban J connectivity index is 2.05. The fraction of sp³-hybridized carbons (Fsp3) is 0.500. The predicted molar refractivity (Wildman–Crippen MR) is 60.1 cm³/mol. The standard InChI is InChI=1S/C12H18N2/c1-10-4-5-11(8-12(10)13)9-14-6-2-3-7-14/h4-5,8H,2-3,6-7,9,13H2,1H3. The summed E-state index contributed by atoms with van der Waals surface area (Å²) in [5, 5.41) is 0. The van der Waals surface area contributed by atoms with Crippen LogP contribution in [0, 0.1) is 6.92 Å². The number of hydrogen-bond acceptors (Lipinski definition) is 2. The van der Waals surface area contributed by atoms with Crippen molar-refractivity contribution in [2.24, 2.45) is 0 Å². The highest BCUT2D eigenvalue weighted by molar-refractivity contribution is 5.48. The van der Waals surface area contributed by atoms with Crippen LogP contribution in [0.2, 0.25) is 0 Å². The number of nitrogen functional groups attached to an aromatic ring is 1. The second kappa shape index (κ2) is 4.01. The molecule has 76 valence electrons. The van der Waals surface area contributed by atoms with Crippen molar-refractivity contribution in [3.63, 3.8) is 0 Å². The number of aryl methyl sites for hydroxylation is 1. The molecule has 0 aromatic heterocycles. The van der Waals surface area contributed by atoms with Crippen LogP contribution in [0.4, 0.5) is 5.69 Å². The number of benzene rings is 1. The van der Waals surface area contributed by atoms with Crippen molar-refractivity contribution in [1.82, 2.24) is 4.90 Å². The van der Waals surface area contributed by atoms with E-state index < -0.39 is 0 Å². The summed E-state index contributed by atoms with van der Waals surface area (Å²) in [6, 6.07) is 6.40. The van der Waals surface area contributed by atoms with Gasteiger partial charge in [-0.15, -0.1) is 0 Å². The monoisotopic (exact) mass is 190 g/mol. The van der Waals surface area contributed by atoms with E-state index in [2.05, 4.69) is 30.0 Å². The third-order valence-electron chi connectivity index (χ3n) is 2.95. The highest BCUT2D eigenvalue weighted by Gasteiger charge is 2.11. The number of nitrogens with two attached hydrogens (primary N) is 1. The van der Waals surface area contributed by atoms with Gasteiger partial charge < -0.3 is 5.73 Å². The molecule has 1 aromatic rings. The molecule has 0 amide bonds. The van der Waals surface area contributed by atoms with Crippen LogP contribution in [0.1, 0.15) is 24.0 Å². The fourth-order valence-electron chi connectivity index (χ4n) is 1.99. The Bertz CT molecular complexity index is 314. The van der Waals surface area contributed by atoms with Crippen LogP contribution in [-0.4, -0.2) is 18.0 Å². The summed E-state index contributed by atoms with van der Waals surface area (Å²) in [5.74, 6) is 0. The summed E-state index contributed by atoms with van der Waals surface area (Å²) in [6.45, 7) is 5.60. The van der Waals surface area contributed by atoms with Crippen molar-refractivity contribution in [2.45, 2.75) is 26.3 Å². The van der Waals surface area contributed by atoms with Gasteiger partial charge in [0.15, 0.2) is 0 Å². The summed E-state index contributed by atoms with van der Waals surface area (Å²) >= 11 is 0. The highest BCUT2D eigenvalue weighted by atomic mass is 15.1. The minimum Gasteiger partial charge on any atom is -0.399 e. The molecule has 0 spiro atoms. The lowest BCUT2D eigenvalue weighted by atomic mass is 10.1. The van der Waals surface area contributed by atoms with Crippen LogP contribution in [0.25, 0.3) is 0 Å². The third kappa shape index (κ3) is 2.07. The van der Waals surface area contributed by atoms with Gasteiger partial charge in [-0.3, -0.25) is 4.90 Å². The van der Waals surface area contributed by atoms with Gasteiger partial charge in [0.05, 0.1) is 0 Å². The zero-order chi connectivity index (χ0) is 9.97. The lowest BCUT2D eigenvalue weighted by molar-refractivity contribution is 0.331. The molecule has 1 aliphatic rings. The zero-order valence-corrected chi connectivity index (χ0v) is 8.79. The molecule has 0 saturated carbocycles. The molecule has 1 saturated heterocycles. The van der Waals surface area contributed by atoms with E-state index in [0.29, 0.717) is 0 Å². The lowest BCUT2D eigenvalue weighted by Gasteiger charge is -2.15. The molecule has 1 fully saturated rings. The number of likely N-dealkylation sites (tertiary alicyclic amines) is 1. The second-order valence-electron chi connectivity index (χ2n) is 4.17. The van der Waals surface area contributed by atoms with Crippen LogP contribution in [0.3, 0.4) is 0 Å². The maximum absolute atomic E-state index is 5.88. The molecule has 2 N–H and O–H groups in total. The summed E-state index contributed by atoms with van der Waals surface area (Å²) in [5.41, 5.74) is 9.31. The van der Waals surface area contributed by atoms with Crippen molar-refractivity contribution in [3.05, 3.63) is 29.3 Å². The molecule has 1 aromatic carbocycles. The van der Waals surface area contributed by atoms with E-state index in [1.165, 1.54) is 37.1 Å². The van der Waals surface area contributed by atoms with E-state index in [-0.39, 0.29) is 0 Å². The van der Waals surface area contributed by atoms with Crippen LogP contribution >= 0.6 is 0 Å². The van der Waals surface area contributed by atoms with Crippen molar-refractivity contribution >= 4 is 5.69 Å². The SMILES string of the molecule is Cc1ccc(CN2CCCC2)cc1N. The first-order chi connectivity index (χ1) is 6.75. The minimum absolute atomic E-state index is 0.918. The van der Waals surface area contributed by atoms with E-state index in [9.17, 15) is 0 Å². The Morgan fingerprint density at radius 2 is 2.00 bits per heavy atom. The van der Waals surface area contributed by atoms with Crippen molar-refractivity contribution in [3.8, 4) is 0 Å². The second-order valence-corrected chi connectivity index (χ2v) is 4.17. The predicted octanol–water partition coefficient (Wildman–Crippen LogP) is 2.17. The van der Waals surface area contributed by atoms with Crippen molar-refractivity contribution < 1.29 is 0 Å². The largest absolute Gasteiger partial charge is 0.399 e. The molecule has 1 aliphatic heterocycles. The number of nitrogens with zero attached hydrogens (tertiary/aromatic N) is 1. The van der Waals surface area contributed by atoms with Gasteiger partial charge in [-0.05, 0) is 50.0 Å². The average molecular weight is 190 g/mol. The van der Waals surface area contributed by atoms with Gasteiger partial charge in [0, 0.05) is 12.2 Å². The van der Waals surface area contributed by atoms with Crippen LogP contribution in [-0.2, 0) is 6.54 Å². The first-order valence-corrected chi connectivity index (χ1v) is 5.33. The molecule has 0 bridgehead atoms. The van der Waals surface area contributed by atoms with Gasteiger partial charge in [0.25, 0.3) is 0 Å². The van der Waals surface area contributed by atoms with E-state index in [0.717, 1.165) is 12.2 Å². The van der Waals surface area contributed by atoms with Crippen molar-refractivity contribution in [1.29, 1.82) is 0 Å². The van der Waals surface area contributed by atoms with Gasteiger partial charge in [0.1, 0.15) is 0 Å². The number of rotatable bonds is 2. The van der Waals surface area contributed by atoms with Gasteiger partial charge in [0.2, 0.25) is 0 Å². The van der Waals surface area contributed by atoms with E-state index >= 15 is 0 Å². The van der Waals surface area contributed by atoms with Gasteiger partial charge in [-0.1, -0.05) is 12.1 Å². The third-order valence-corrected chi connectivity index (χ3v) is 2.95. The maximum atomic E-state index is 5.88. The van der Waals surface area contributed by atoms with Crippen LogP contribution in [0.5, 0.6) is 0 Å². The van der Waals surface area contributed by atoms with Crippen molar-refractivity contribution in [2.75, 3.05) is 18.8 Å². The fourth-order valence-corrected chi connectivity index (χ4v) is 1.99. The maximum Gasteiger partial charge on any atom is 0.0346 e. The normalized spacial score (nSPS) is 17.5. The Kier molecular flexibility index (Phi) is 2.73. The molecule has 0 radical (unpaired) electrons. The first kappa shape index (κ1) is 9.53. The van der Waals surface area contributed by atoms with E-state index in [1.807, 2.05) is 0 Å². The smallest absolute Gasteiger partial charge is 0.0346 e. The van der Waals surface area contributed by atoms with Crippen LogP contribution in [0.15, 0.2) is 18.2 Å². The molecular weight excluding hydrogens is 172 g/mol. The molecule has 2 rings (SSSR count). The highest BCUT2D eigenvalue weighted by Crippen LogP contribution is 2.17. The lowest BCUT2D eigenvalue weighted by Crippen LogP contribution is -2.18. The molecule has 1 heterocycles. The Morgan fingerprint density at radius 3 is 2.64 bits per heavy atom. The first-order valence-electron chi connectivity index (χ1n) is 5.33. The van der Waals surface area contributed by atoms with Crippen LogP contribution < -0.4 is 5.73 Å². The number of anilines is 1. The molecule has 0 atom stereocenters. The average Bonchev–Trinajstić information content (AvgIpc) is 2.64. The molecule has 2 heteroatoms. The summed E-state index contributed by atoms with van der Waals surface area (Å²) in [7, 11) is 0. The van der Waals surface area contributed by atoms with E-state index in [1.54, 1.807) is 0 Å². The molecule has 14 heavy (non-hydrogen) atoms. The van der Waals surface area contributed by atoms with Gasteiger partial charge >= 0.3 is 0 Å². The van der Waals surface area contributed by atoms with Gasteiger partial charge in [-0.2, -0.15) is 0 Å².